The molecule has 3 rings (SSSR count). The fourth-order valence-corrected chi connectivity index (χ4v) is 4.83. The second-order valence-electron chi connectivity index (χ2n) is 9.04. The first-order valence-corrected chi connectivity index (χ1v) is 12.9. The van der Waals surface area contributed by atoms with Gasteiger partial charge in [0, 0.05) is 36.8 Å². The summed E-state index contributed by atoms with van der Waals surface area (Å²) in [5.41, 5.74) is 1.87. The maximum Gasteiger partial charge on any atom is 0.261 e. The summed E-state index contributed by atoms with van der Waals surface area (Å²) < 4.78 is 27.6. The molecule has 7 nitrogen and oxygen atoms in total. The van der Waals surface area contributed by atoms with Gasteiger partial charge in [0.2, 0.25) is 5.91 Å². The predicted octanol–water partition coefficient (Wildman–Crippen LogP) is 3.81. The summed E-state index contributed by atoms with van der Waals surface area (Å²) in [5.74, 6) is 0.461. The zero-order valence-corrected chi connectivity index (χ0v) is 20.3. The Hall–Kier alpha value is -2.87. The SMILES string of the molecule is Cc1ccc(S(=O)(=O)Nc2ccc(C(=O)N3CCC(C(=O)NCCC(C)C)CC3)cc2)cc1. The van der Waals surface area contributed by atoms with E-state index in [2.05, 4.69) is 23.9 Å². The number of carbonyl (C=O) groups is 2. The summed E-state index contributed by atoms with van der Waals surface area (Å²) in [5, 5.41) is 3.00. The summed E-state index contributed by atoms with van der Waals surface area (Å²) in [6.45, 7) is 7.90. The molecule has 2 aromatic carbocycles. The van der Waals surface area contributed by atoms with Gasteiger partial charge in [-0.1, -0.05) is 31.5 Å². The summed E-state index contributed by atoms with van der Waals surface area (Å²) in [7, 11) is -3.69. The lowest BCUT2D eigenvalue weighted by Crippen LogP contribution is -2.43. The van der Waals surface area contributed by atoms with Gasteiger partial charge < -0.3 is 10.2 Å². The van der Waals surface area contributed by atoms with Gasteiger partial charge in [-0.15, -0.1) is 0 Å². The highest BCUT2D eigenvalue weighted by molar-refractivity contribution is 7.92. The predicted molar refractivity (Wildman–Crippen MR) is 130 cm³/mol. The minimum atomic E-state index is -3.69. The van der Waals surface area contributed by atoms with E-state index in [1.54, 1.807) is 53.4 Å². The lowest BCUT2D eigenvalue weighted by atomic mass is 9.95. The van der Waals surface area contributed by atoms with Gasteiger partial charge in [0.15, 0.2) is 0 Å². The van der Waals surface area contributed by atoms with Crippen LogP contribution in [0.2, 0.25) is 0 Å². The fourth-order valence-electron chi connectivity index (χ4n) is 3.77. The van der Waals surface area contributed by atoms with Crippen molar-refractivity contribution < 1.29 is 18.0 Å². The van der Waals surface area contributed by atoms with Crippen LogP contribution in [0.25, 0.3) is 0 Å². The topological polar surface area (TPSA) is 95.6 Å². The van der Waals surface area contributed by atoms with Crippen LogP contribution in [0.5, 0.6) is 0 Å². The number of likely N-dealkylation sites (tertiary alicyclic amines) is 1. The smallest absolute Gasteiger partial charge is 0.261 e. The third kappa shape index (κ3) is 6.81. The highest BCUT2D eigenvalue weighted by atomic mass is 32.2. The van der Waals surface area contributed by atoms with Crippen molar-refractivity contribution in [2.24, 2.45) is 11.8 Å². The molecular weight excluding hydrogens is 438 g/mol. The lowest BCUT2D eigenvalue weighted by molar-refractivity contribution is -0.126. The molecule has 0 spiro atoms. The molecule has 8 heteroatoms. The maximum absolute atomic E-state index is 12.9. The van der Waals surface area contributed by atoms with Crippen molar-refractivity contribution in [2.75, 3.05) is 24.4 Å². The van der Waals surface area contributed by atoms with Gasteiger partial charge in [-0.2, -0.15) is 0 Å². The maximum atomic E-state index is 12.9. The second-order valence-corrected chi connectivity index (χ2v) is 10.7. The first kappa shape index (κ1) is 24.8. The number of anilines is 1. The number of piperidine rings is 1. The van der Waals surface area contributed by atoms with Gasteiger partial charge in [0.1, 0.15) is 0 Å². The van der Waals surface area contributed by atoms with E-state index in [0.717, 1.165) is 12.0 Å². The monoisotopic (exact) mass is 471 g/mol. The summed E-state index contributed by atoms with van der Waals surface area (Å²) in [4.78, 5) is 27.1. The van der Waals surface area contributed by atoms with Gasteiger partial charge in [-0.3, -0.25) is 14.3 Å². The number of rotatable bonds is 8. The van der Waals surface area contributed by atoms with Crippen molar-refractivity contribution in [3.8, 4) is 0 Å². The largest absolute Gasteiger partial charge is 0.356 e. The Morgan fingerprint density at radius 3 is 2.18 bits per heavy atom. The number of hydrogen-bond acceptors (Lipinski definition) is 4. The molecule has 33 heavy (non-hydrogen) atoms. The van der Waals surface area contributed by atoms with E-state index in [4.69, 9.17) is 0 Å². The molecule has 0 unspecified atom stereocenters. The number of aryl methyl sites for hydroxylation is 1. The van der Waals surface area contributed by atoms with E-state index in [1.807, 2.05) is 6.92 Å². The summed E-state index contributed by atoms with van der Waals surface area (Å²) in [6, 6.07) is 13.0. The summed E-state index contributed by atoms with van der Waals surface area (Å²) >= 11 is 0. The van der Waals surface area contributed by atoms with Gasteiger partial charge in [0.05, 0.1) is 4.90 Å². The number of amides is 2. The highest BCUT2D eigenvalue weighted by Crippen LogP contribution is 2.21. The molecule has 1 aliphatic heterocycles. The first-order chi connectivity index (χ1) is 15.7. The number of hydrogen-bond donors (Lipinski definition) is 2. The third-order valence-corrected chi connectivity index (χ3v) is 7.29. The van der Waals surface area contributed by atoms with Gasteiger partial charge >= 0.3 is 0 Å². The van der Waals surface area contributed by atoms with Crippen LogP contribution < -0.4 is 10.0 Å². The van der Waals surface area contributed by atoms with E-state index in [1.165, 1.54) is 0 Å². The van der Waals surface area contributed by atoms with E-state index in [0.29, 0.717) is 49.6 Å². The normalized spacial score (nSPS) is 14.8. The Kier molecular flexibility index (Phi) is 8.13. The lowest BCUT2D eigenvalue weighted by Gasteiger charge is -2.31. The van der Waals surface area contributed by atoms with Gasteiger partial charge in [-0.25, -0.2) is 8.42 Å². The molecule has 0 atom stereocenters. The molecule has 0 saturated carbocycles. The number of benzene rings is 2. The molecule has 1 heterocycles. The molecule has 2 N–H and O–H groups in total. The minimum absolute atomic E-state index is 0.0558. The molecule has 1 saturated heterocycles. The van der Waals surface area contributed by atoms with Gasteiger partial charge in [0.25, 0.3) is 15.9 Å². The fraction of sp³-hybridized carbons (Fsp3) is 0.440. The van der Waals surface area contributed by atoms with Crippen molar-refractivity contribution in [3.63, 3.8) is 0 Å². The van der Waals surface area contributed by atoms with Crippen molar-refractivity contribution in [1.82, 2.24) is 10.2 Å². The van der Waals surface area contributed by atoms with Crippen LogP contribution in [0.3, 0.4) is 0 Å². The molecule has 0 aliphatic carbocycles. The average molecular weight is 472 g/mol. The Balaban J connectivity index is 1.53. The van der Waals surface area contributed by atoms with Crippen LogP contribution in [-0.2, 0) is 14.8 Å². The average Bonchev–Trinajstić information content (AvgIpc) is 2.79. The number of nitrogens with zero attached hydrogens (tertiary/aromatic N) is 1. The van der Waals surface area contributed by atoms with Crippen LogP contribution in [0.4, 0.5) is 5.69 Å². The third-order valence-electron chi connectivity index (χ3n) is 5.89. The molecule has 1 aliphatic rings. The Morgan fingerprint density at radius 1 is 1.00 bits per heavy atom. The number of sulfonamides is 1. The molecule has 0 aromatic heterocycles. The van der Waals surface area contributed by atoms with E-state index in [-0.39, 0.29) is 22.6 Å². The van der Waals surface area contributed by atoms with Crippen molar-refractivity contribution in [3.05, 3.63) is 59.7 Å². The number of nitrogens with one attached hydrogen (secondary N) is 2. The van der Waals surface area contributed by atoms with Crippen LogP contribution in [-0.4, -0.2) is 44.8 Å². The van der Waals surface area contributed by atoms with Crippen molar-refractivity contribution >= 4 is 27.5 Å². The molecule has 0 radical (unpaired) electrons. The number of carbonyl (C=O) groups excluding carboxylic acids is 2. The van der Waals surface area contributed by atoms with Crippen LogP contribution in [0.15, 0.2) is 53.4 Å². The van der Waals surface area contributed by atoms with Crippen LogP contribution >= 0.6 is 0 Å². The molecule has 178 valence electrons. The standard InChI is InChI=1S/C25H33N3O4S/c1-18(2)12-15-26-24(29)20-13-16-28(17-14-20)25(30)21-6-8-22(9-7-21)27-33(31,32)23-10-4-19(3)5-11-23/h4-11,18,20,27H,12-17H2,1-3H3,(H,26,29). The second kappa shape index (κ2) is 10.8. The minimum Gasteiger partial charge on any atom is -0.356 e. The van der Waals surface area contributed by atoms with Gasteiger partial charge in [-0.05, 0) is 68.5 Å². The van der Waals surface area contributed by atoms with E-state index >= 15 is 0 Å². The van der Waals surface area contributed by atoms with Crippen LogP contribution in [0.1, 0.15) is 49.0 Å². The molecule has 2 amide bonds. The van der Waals surface area contributed by atoms with Crippen LogP contribution in [0, 0.1) is 18.8 Å². The zero-order chi connectivity index (χ0) is 24.0. The van der Waals surface area contributed by atoms with E-state index < -0.39 is 10.0 Å². The summed E-state index contributed by atoms with van der Waals surface area (Å²) in [6.07, 6.45) is 2.25. The van der Waals surface area contributed by atoms with E-state index in [9.17, 15) is 18.0 Å². The van der Waals surface area contributed by atoms with Crippen molar-refractivity contribution in [1.29, 1.82) is 0 Å². The quantitative estimate of drug-likeness (QED) is 0.612. The highest BCUT2D eigenvalue weighted by Gasteiger charge is 2.27. The molecule has 2 aromatic rings. The molecular formula is C25H33N3O4S. The Morgan fingerprint density at radius 2 is 1.61 bits per heavy atom. The Labute approximate surface area is 196 Å². The first-order valence-electron chi connectivity index (χ1n) is 11.4. The zero-order valence-electron chi connectivity index (χ0n) is 19.5. The van der Waals surface area contributed by atoms with Crippen molar-refractivity contribution in [2.45, 2.75) is 44.9 Å². The molecule has 1 fully saturated rings. The Bertz CT molecular complexity index is 1060. The molecule has 0 bridgehead atoms.